The molecule has 0 saturated heterocycles. The summed E-state index contributed by atoms with van der Waals surface area (Å²) in [5.74, 6) is 0. The summed E-state index contributed by atoms with van der Waals surface area (Å²) < 4.78 is 10.3. The van der Waals surface area contributed by atoms with Gasteiger partial charge in [0.1, 0.15) is 0 Å². The fourth-order valence-electron chi connectivity index (χ4n) is 1.88. The van der Waals surface area contributed by atoms with E-state index in [-0.39, 0.29) is 0 Å². The molecule has 0 aliphatic rings. The monoisotopic (exact) mass is 252 g/mol. The summed E-state index contributed by atoms with van der Waals surface area (Å²) >= 11 is 0. The maximum absolute atomic E-state index is 6.05. The summed E-state index contributed by atoms with van der Waals surface area (Å²) in [5, 5.41) is 0. The third-order valence-corrected chi connectivity index (χ3v) is 2.87. The van der Waals surface area contributed by atoms with Gasteiger partial charge in [0.25, 0.3) is 0 Å². The van der Waals surface area contributed by atoms with Gasteiger partial charge in [0.2, 0.25) is 0 Å². The van der Waals surface area contributed by atoms with E-state index >= 15 is 0 Å². The van der Waals surface area contributed by atoms with Gasteiger partial charge in [0.05, 0.1) is 18.0 Å². The lowest BCUT2D eigenvalue weighted by Crippen LogP contribution is -2.29. The highest BCUT2D eigenvalue weighted by molar-refractivity contribution is 5.68. The molecule has 0 aliphatic carbocycles. The number of rotatable bonds is 8. The van der Waals surface area contributed by atoms with Gasteiger partial charge in [-0.15, -0.1) is 0 Å². The summed E-state index contributed by atoms with van der Waals surface area (Å²) in [7, 11) is 3.44. The van der Waals surface area contributed by atoms with Crippen LogP contribution in [-0.2, 0) is 9.47 Å². The lowest BCUT2D eigenvalue weighted by atomic mass is 10.1. The minimum Gasteiger partial charge on any atom is -0.397 e. The van der Waals surface area contributed by atoms with Crippen molar-refractivity contribution in [2.45, 2.75) is 13.3 Å². The average Bonchev–Trinajstić information content (AvgIpc) is 2.37. The number of nitrogens with zero attached hydrogens (tertiary/aromatic N) is 1. The molecule has 0 heterocycles. The van der Waals surface area contributed by atoms with Crippen LogP contribution in [-0.4, -0.2) is 40.5 Å². The first kappa shape index (κ1) is 14.8. The van der Waals surface area contributed by atoms with Crippen molar-refractivity contribution in [2.75, 3.05) is 51.2 Å². The van der Waals surface area contributed by atoms with Gasteiger partial charge in [-0.2, -0.15) is 0 Å². The summed E-state index contributed by atoms with van der Waals surface area (Å²) in [5.41, 5.74) is 9.17. The van der Waals surface area contributed by atoms with Crippen LogP contribution in [0.1, 0.15) is 12.0 Å². The fraction of sp³-hybridized carbons (Fsp3) is 0.571. The first-order chi connectivity index (χ1) is 8.69. The molecule has 0 fully saturated rings. The Kier molecular flexibility index (Phi) is 6.54. The van der Waals surface area contributed by atoms with Gasteiger partial charge in [-0.25, -0.2) is 0 Å². The number of benzene rings is 1. The van der Waals surface area contributed by atoms with Crippen LogP contribution >= 0.6 is 0 Å². The zero-order valence-electron chi connectivity index (χ0n) is 11.6. The number of nitrogens with two attached hydrogens (primary N) is 1. The molecule has 0 aromatic heterocycles. The minimum atomic E-state index is 0.695. The molecule has 2 N–H and O–H groups in total. The Morgan fingerprint density at radius 1 is 1.11 bits per heavy atom. The van der Waals surface area contributed by atoms with Gasteiger partial charge in [-0.1, -0.05) is 6.07 Å². The number of methoxy groups -OCH3 is 2. The fourth-order valence-corrected chi connectivity index (χ4v) is 1.88. The van der Waals surface area contributed by atoms with Crippen LogP contribution in [0.3, 0.4) is 0 Å². The Hall–Kier alpha value is -1.26. The van der Waals surface area contributed by atoms with Crippen molar-refractivity contribution < 1.29 is 9.47 Å². The lowest BCUT2D eigenvalue weighted by Gasteiger charge is -2.26. The summed E-state index contributed by atoms with van der Waals surface area (Å²) in [6.07, 6.45) is 0.980. The SMILES string of the molecule is COCCCN(CCOC)c1cc(C)ccc1N. The van der Waals surface area contributed by atoms with Crippen LogP contribution in [0.4, 0.5) is 11.4 Å². The number of aryl methyl sites for hydroxylation is 1. The molecule has 4 nitrogen and oxygen atoms in total. The second kappa shape index (κ2) is 7.95. The highest BCUT2D eigenvalue weighted by atomic mass is 16.5. The molecule has 102 valence electrons. The Morgan fingerprint density at radius 3 is 2.50 bits per heavy atom. The molecule has 1 aromatic carbocycles. The first-order valence-electron chi connectivity index (χ1n) is 6.28. The van der Waals surface area contributed by atoms with E-state index in [0.717, 1.165) is 37.5 Å². The van der Waals surface area contributed by atoms with E-state index in [1.807, 2.05) is 12.1 Å². The smallest absolute Gasteiger partial charge is 0.0637 e. The average molecular weight is 252 g/mol. The van der Waals surface area contributed by atoms with E-state index < -0.39 is 0 Å². The lowest BCUT2D eigenvalue weighted by molar-refractivity contribution is 0.191. The van der Waals surface area contributed by atoms with Crippen LogP contribution in [0, 0.1) is 6.92 Å². The van der Waals surface area contributed by atoms with Crippen molar-refractivity contribution in [3.63, 3.8) is 0 Å². The highest BCUT2D eigenvalue weighted by Crippen LogP contribution is 2.24. The van der Waals surface area contributed by atoms with Crippen LogP contribution in [0.15, 0.2) is 18.2 Å². The number of hydrogen-bond acceptors (Lipinski definition) is 4. The van der Waals surface area contributed by atoms with Crippen LogP contribution < -0.4 is 10.6 Å². The topological polar surface area (TPSA) is 47.7 Å². The molecule has 4 heteroatoms. The van der Waals surface area contributed by atoms with Gasteiger partial charge in [-0.05, 0) is 31.0 Å². The van der Waals surface area contributed by atoms with Crippen molar-refractivity contribution in [1.82, 2.24) is 0 Å². The van der Waals surface area contributed by atoms with E-state index in [1.165, 1.54) is 5.56 Å². The summed E-state index contributed by atoms with van der Waals surface area (Å²) in [4.78, 5) is 2.25. The largest absolute Gasteiger partial charge is 0.397 e. The highest BCUT2D eigenvalue weighted by Gasteiger charge is 2.09. The van der Waals surface area contributed by atoms with Crippen molar-refractivity contribution in [1.29, 1.82) is 0 Å². The molecule has 0 radical (unpaired) electrons. The van der Waals surface area contributed by atoms with Gasteiger partial charge in [0, 0.05) is 33.9 Å². The maximum Gasteiger partial charge on any atom is 0.0637 e. The molecule has 18 heavy (non-hydrogen) atoms. The normalized spacial score (nSPS) is 10.6. The molecule has 0 aliphatic heterocycles. The maximum atomic E-state index is 6.05. The standard InChI is InChI=1S/C14H24N2O2/c1-12-5-6-13(15)14(11-12)16(8-10-18-3)7-4-9-17-2/h5-6,11H,4,7-10,15H2,1-3H3. The van der Waals surface area contributed by atoms with Gasteiger partial charge in [-0.3, -0.25) is 0 Å². The molecule has 0 saturated carbocycles. The molecule has 1 aromatic rings. The van der Waals surface area contributed by atoms with Crippen molar-refractivity contribution in [3.8, 4) is 0 Å². The van der Waals surface area contributed by atoms with E-state index in [1.54, 1.807) is 14.2 Å². The molecule has 1 rings (SSSR count). The van der Waals surface area contributed by atoms with Gasteiger partial charge >= 0.3 is 0 Å². The second-order valence-corrected chi connectivity index (χ2v) is 4.39. The zero-order valence-corrected chi connectivity index (χ0v) is 11.6. The van der Waals surface area contributed by atoms with E-state index in [4.69, 9.17) is 15.2 Å². The van der Waals surface area contributed by atoms with Crippen molar-refractivity contribution in [2.24, 2.45) is 0 Å². The predicted molar refractivity (Wildman–Crippen MR) is 76.2 cm³/mol. The molecule has 0 spiro atoms. The van der Waals surface area contributed by atoms with E-state index in [0.29, 0.717) is 6.61 Å². The Balaban J connectivity index is 2.75. The third-order valence-electron chi connectivity index (χ3n) is 2.87. The number of nitrogen functional groups attached to an aromatic ring is 1. The second-order valence-electron chi connectivity index (χ2n) is 4.39. The van der Waals surface area contributed by atoms with E-state index in [9.17, 15) is 0 Å². The van der Waals surface area contributed by atoms with Crippen LogP contribution in [0.25, 0.3) is 0 Å². The number of hydrogen-bond donors (Lipinski definition) is 1. The quantitative estimate of drug-likeness (QED) is 0.568. The first-order valence-corrected chi connectivity index (χ1v) is 6.28. The summed E-state index contributed by atoms with van der Waals surface area (Å²) in [6.45, 7) is 5.29. The van der Waals surface area contributed by atoms with Crippen LogP contribution in [0.5, 0.6) is 0 Å². The molecule has 0 atom stereocenters. The zero-order chi connectivity index (χ0) is 13.4. The van der Waals surface area contributed by atoms with Crippen molar-refractivity contribution >= 4 is 11.4 Å². The molecular weight excluding hydrogens is 228 g/mol. The summed E-state index contributed by atoms with van der Waals surface area (Å²) in [6, 6.07) is 6.11. The molecule has 0 bridgehead atoms. The predicted octanol–water partition coefficient (Wildman–Crippen LogP) is 2.07. The Morgan fingerprint density at radius 2 is 1.83 bits per heavy atom. The van der Waals surface area contributed by atoms with Crippen LogP contribution in [0.2, 0.25) is 0 Å². The minimum absolute atomic E-state index is 0.695. The molecule has 0 unspecified atom stereocenters. The Labute approximate surface area is 110 Å². The van der Waals surface area contributed by atoms with E-state index in [2.05, 4.69) is 17.9 Å². The van der Waals surface area contributed by atoms with Gasteiger partial charge in [0.15, 0.2) is 0 Å². The van der Waals surface area contributed by atoms with Crippen molar-refractivity contribution in [3.05, 3.63) is 23.8 Å². The molecule has 0 amide bonds. The van der Waals surface area contributed by atoms with Gasteiger partial charge < -0.3 is 20.1 Å². The molecular formula is C14H24N2O2. The number of anilines is 2. The Bertz CT molecular complexity index is 356. The number of ether oxygens (including phenoxy) is 2. The third kappa shape index (κ3) is 4.55.